The molecule has 0 spiro atoms. The fourth-order valence-electron chi connectivity index (χ4n) is 1.81. The molecule has 1 aliphatic carbocycles. The number of aryl methyl sites for hydroxylation is 1. The van der Waals surface area contributed by atoms with Gasteiger partial charge in [-0.05, 0) is 12.8 Å². The van der Waals surface area contributed by atoms with Crippen molar-refractivity contribution in [3.05, 3.63) is 10.6 Å². The van der Waals surface area contributed by atoms with E-state index in [1.54, 1.807) is 6.92 Å². The monoisotopic (exact) mass is 211 g/mol. The van der Waals surface area contributed by atoms with E-state index in [0.29, 0.717) is 5.13 Å². The molecule has 1 atom stereocenters. The molecule has 0 bridgehead atoms. The standard InChI is InChI=1S/C9H13N3OS/c1-5(13)11-6-2-3-7-8(4-6)14-9(10)12-7/h6H,2-4H2,1H3,(H2,10,12)(H,11,13)/t6-/m1/s1. The molecule has 4 nitrogen and oxygen atoms in total. The van der Waals surface area contributed by atoms with Crippen molar-refractivity contribution in [2.75, 3.05) is 5.73 Å². The number of nitrogens with two attached hydrogens (primary N) is 1. The number of thiazole rings is 1. The second-order valence-corrected chi connectivity index (χ2v) is 4.68. The normalized spacial score (nSPS) is 20.2. The van der Waals surface area contributed by atoms with Gasteiger partial charge < -0.3 is 11.1 Å². The summed E-state index contributed by atoms with van der Waals surface area (Å²) in [5, 5.41) is 3.57. The lowest BCUT2D eigenvalue weighted by Crippen LogP contribution is -2.37. The molecule has 76 valence electrons. The number of hydrogen-bond acceptors (Lipinski definition) is 4. The van der Waals surface area contributed by atoms with Gasteiger partial charge in [0.1, 0.15) is 0 Å². The summed E-state index contributed by atoms with van der Waals surface area (Å²) >= 11 is 1.54. The minimum absolute atomic E-state index is 0.0379. The third kappa shape index (κ3) is 1.87. The number of hydrogen-bond donors (Lipinski definition) is 2. The second kappa shape index (κ2) is 3.57. The minimum atomic E-state index is 0.0379. The van der Waals surface area contributed by atoms with Crippen molar-refractivity contribution in [2.45, 2.75) is 32.2 Å². The Morgan fingerprint density at radius 2 is 2.50 bits per heavy atom. The van der Waals surface area contributed by atoms with Crippen molar-refractivity contribution in [1.29, 1.82) is 0 Å². The number of nitrogen functional groups attached to an aromatic ring is 1. The van der Waals surface area contributed by atoms with Crippen LogP contribution in [0.1, 0.15) is 23.9 Å². The van der Waals surface area contributed by atoms with Gasteiger partial charge >= 0.3 is 0 Å². The van der Waals surface area contributed by atoms with E-state index >= 15 is 0 Å². The number of nitrogens with one attached hydrogen (secondary N) is 1. The highest BCUT2D eigenvalue weighted by Crippen LogP contribution is 2.27. The Hall–Kier alpha value is -1.10. The van der Waals surface area contributed by atoms with Gasteiger partial charge in [0.25, 0.3) is 0 Å². The number of carbonyl (C=O) groups excluding carboxylic acids is 1. The molecule has 0 aromatic carbocycles. The predicted molar refractivity (Wildman–Crippen MR) is 56.2 cm³/mol. The van der Waals surface area contributed by atoms with Crippen molar-refractivity contribution in [1.82, 2.24) is 10.3 Å². The molecule has 1 heterocycles. The van der Waals surface area contributed by atoms with Gasteiger partial charge in [0.2, 0.25) is 5.91 Å². The largest absolute Gasteiger partial charge is 0.375 e. The summed E-state index contributed by atoms with van der Waals surface area (Å²) in [5.41, 5.74) is 6.74. The van der Waals surface area contributed by atoms with Crippen molar-refractivity contribution < 1.29 is 4.79 Å². The van der Waals surface area contributed by atoms with Crippen LogP contribution in [0.2, 0.25) is 0 Å². The summed E-state index contributed by atoms with van der Waals surface area (Å²) in [6, 6.07) is 0.264. The third-order valence-corrected chi connectivity index (χ3v) is 3.31. The smallest absolute Gasteiger partial charge is 0.217 e. The second-order valence-electron chi connectivity index (χ2n) is 3.56. The molecule has 0 unspecified atom stereocenters. The first-order valence-electron chi connectivity index (χ1n) is 4.66. The maximum Gasteiger partial charge on any atom is 0.217 e. The van der Waals surface area contributed by atoms with Gasteiger partial charge in [0.15, 0.2) is 5.13 Å². The highest BCUT2D eigenvalue weighted by atomic mass is 32.1. The number of carbonyl (C=O) groups is 1. The topological polar surface area (TPSA) is 68.0 Å². The van der Waals surface area contributed by atoms with Crippen LogP contribution in [-0.2, 0) is 17.6 Å². The SMILES string of the molecule is CC(=O)N[C@@H]1CCc2nc(N)sc2C1. The molecule has 0 saturated heterocycles. The first-order valence-corrected chi connectivity index (χ1v) is 5.48. The summed E-state index contributed by atoms with van der Waals surface area (Å²) in [6.45, 7) is 1.55. The molecule has 5 heteroatoms. The Labute approximate surface area is 86.5 Å². The molecular formula is C9H13N3OS. The number of anilines is 1. The molecule has 0 fully saturated rings. The fraction of sp³-hybridized carbons (Fsp3) is 0.556. The Bertz CT molecular complexity index is 361. The maximum absolute atomic E-state index is 10.9. The fourth-order valence-corrected chi connectivity index (χ4v) is 2.76. The van der Waals surface area contributed by atoms with E-state index in [-0.39, 0.29) is 11.9 Å². The highest BCUT2D eigenvalue weighted by molar-refractivity contribution is 7.15. The van der Waals surface area contributed by atoms with E-state index in [4.69, 9.17) is 5.73 Å². The van der Waals surface area contributed by atoms with Crippen molar-refractivity contribution in [2.24, 2.45) is 0 Å². The van der Waals surface area contributed by atoms with Crippen LogP contribution in [-0.4, -0.2) is 16.9 Å². The summed E-state index contributed by atoms with van der Waals surface area (Å²) in [4.78, 5) is 16.4. The molecule has 3 N–H and O–H groups in total. The Kier molecular flexibility index (Phi) is 2.41. The van der Waals surface area contributed by atoms with Crippen LogP contribution in [0.3, 0.4) is 0 Å². The van der Waals surface area contributed by atoms with Gasteiger partial charge in [-0.1, -0.05) is 0 Å². The van der Waals surface area contributed by atoms with Crippen LogP contribution in [0.15, 0.2) is 0 Å². The summed E-state index contributed by atoms with van der Waals surface area (Å²) < 4.78 is 0. The molecule has 1 aromatic heterocycles. The number of amides is 1. The number of aromatic nitrogens is 1. The van der Waals surface area contributed by atoms with Crippen molar-refractivity contribution >= 4 is 22.4 Å². The van der Waals surface area contributed by atoms with E-state index in [1.807, 2.05) is 0 Å². The van der Waals surface area contributed by atoms with Crippen LogP contribution in [0.4, 0.5) is 5.13 Å². The van der Waals surface area contributed by atoms with Gasteiger partial charge in [-0.15, -0.1) is 11.3 Å². The minimum Gasteiger partial charge on any atom is -0.375 e. The lowest BCUT2D eigenvalue weighted by atomic mass is 9.98. The lowest BCUT2D eigenvalue weighted by molar-refractivity contribution is -0.119. The predicted octanol–water partition coefficient (Wildman–Crippen LogP) is 0.719. The number of fused-ring (bicyclic) bond motifs is 1. The van der Waals surface area contributed by atoms with E-state index in [0.717, 1.165) is 25.0 Å². The zero-order valence-corrected chi connectivity index (χ0v) is 8.86. The van der Waals surface area contributed by atoms with Crippen LogP contribution in [0.25, 0.3) is 0 Å². The van der Waals surface area contributed by atoms with Gasteiger partial charge in [0.05, 0.1) is 5.69 Å². The van der Waals surface area contributed by atoms with Gasteiger partial charge in [0, 0.05) is 24.3 Å². The van der Waals surface area contributed by atoms with Gasteiger partial charge in [-0.2, -0.15) is 0 Å². The molecule has 0 aliphatic heterocycles. The van der Waals surface area contributed by atoms with E-state index in [9.17, 15) is 4.79 Å². The molecule has 0 radical (unpaired) electrons. The highest BCUT2D eigenvalue weighted by Gasteiger charge is 2.22. The molecule has 2 rings (SSSR count). The van der Waals surface area contributed by atoms with E-state index in [1.165, 1.54) is 16.2 Å². The Morgan fingerprint density at radius 1 is 1.71 bits per heavy atom. The lowest BCUT2D eigenvalue weighted by Gasteiger charge is -2.21. The van der Waals surface area contributed by atoms with E-state index in [2.05, 4.69) is 10.3 Å². The van der Waals surface area contributed by atoms with Crippen LogP contribution < -0.4 is 11.1 Å². The number of nitrogens with zero attached hydrogens (tertiary/aromatic N) is 1. The maximum atomic E-state index is 10.9. The molecular weight excluding hydrogens is 198 g/mol. The molecule has 1 amide bonds. The van der Waals surface area contributed by atoms with Crippen molar-refractivity contribution in [3.8, 4) is 0 Å². The molecule has 1 aromatic rings. The first kappa shape index (κ1) is 9.45. The number of rotatable bonds is 1. The van der Waals surface area contributed by atoms with E-state index < -0.39 is 0 Å². The summed E-state index contributed by atoms with van der Waals surface area (Å²) in [5.74, 6) is 0.0379. The van der Waals surface area contributed by atoms with Gasteiger partial charge in [-0.25, -0.2) is 4.98 Å². The average Bonchev–Trinajstić information content (AvgIpc) is 2.42. The third-order valence-electron chi connectivity index (χ3n) is 2.36. The average molecular weight is 211 g/mol. The van der Waals surface area contributed by atoms with Crippen LogP contribution in [0.5, 0.6) is 0 Å². The Morgan fingerprint density at radius 3 is 3.21 bits per heavy atom. The Balaban J connectivity index is 2.09. The summed E-state index contributed by atoms with van der Waals surface area (Å²) in [6.07, 6.45) is 2.77. The quantitative estimate of drug-likeness (QED) is 0.719. The molecule has 0 saturated carbocycles. The van der Waals surface area contributed by atoms with Gasteiger partial charge in [-0.3, -0.25) is 4.79 Å². The van der Waals surface area contributed by atoms with Crippen molar-refractivity contribution in [3.63, 3.8) is 0 Å². The summed E-state index contributed by atoms with van der Waals surface area (Å²) in [7, 11) is 0. The molecule has 1 aliphatic rings. The molecule has 14 heavy (non-hydrogen) atoms. The zero-order valence-electron chi connectivity index (χ0n) is 8.04. The first-order chi connectivity index (χ1) is 6.65. The zero-order chi connectivity index (χ0) is 10.1. The van der Waals surface area contributed by atoms with Crippen LogP contribution >= 0.6 is 11.3 Å². The van der Waals surface area contributed by atoms with Crippen LogP contribution in [0, 0.1) is 0 Å².